The minimum Gasteiger partial charge on any atom is -0.508 e. The molecule has 0 aliphatic heterocycles. The third kappa shape index (κ3) is 3.06. The second-order valence-corrected chi connectivity index (χ2v) is 6.78. The molecule has 26 heavy (non-hydrogen) atoms. The zero-order chi connectivity index (χ0) is 18.1. The minimum absolute atomic E-state index is 0.00142. The number of phenolic OH excluding ortho intramolecular Hbond substituents is 1. The van der Waals surface area contributed by atoms with Crippen molar-refractivity contribution in [3.05, 3.63) is 59.9 Å². The first kappa shape index (κ1) is 16.3. The third-order valence-electron chi connectivity index (χ3n) is 4.14. The number of hydrogen-bond acceptors (Lipinski definition) is 7. The maximum absolute atomic E-state index is 9.46. The number of rotatable bonds is 5. The Hall–Kier alpha value is -3.13. The molecule has 2 N–H and O–H groups in total. The molecule has 4 rings (SSSR count). The molecule has 8 heteroatoms. The summed E-state index contributed by atoms with van der Waals surface area (Å²) < 4.78 is 6.93. The first-order valence-corrected chi connectivity index (χ1v) is 8.88. The largest absolute Gasteiger partial charge is 0.508 e. The Morgan fingerprint density at radius 2 is 1.81 bits per heavy atom. The number of ether oxygens (including phenoxy) is 1. The Labute approximate surface area is 153 Å². The highest BCUT2D eigenvalue weighted by Gasteiger charge is 2.19. The van der Waals surface area contributed by atoms with E-state index in [1.165, 1.54) is 11.3 Å². The SMILES string of the molecule is COc1ccc(Nc2nn3c(C(C)c4ccc(O)cc4)nnc3s2)cc1. The van der Waals surface area contributed by atoms with Crippen molar-refractivity contribution in [1.82, 2.24) is 19.8 Å². The summed E-state index contributed by atoms with van der Waals surface area (Å²) in [4.78, 5) is 0.724. The second-order valence-electron chi connectivity index (χ2n) is 5.83. The van der Waals surface area contributed by atoms with E-state index in [1.54, 1.807) is 23.8 Å². The van der Waals surface area contributed by atoms with Crippen LogP contribution in [0.25, 0.3) is 4.96 Å². The van der Waals surface area contributed by atoms with Gasteiger partial charge in [-0.2, -0.15) is 4.52 Å². The predicted octanol–water partition coefficient (Wildman–Crippen LogP) is 3.80. The lowest BCUT2D eigenvalue weighted by molar-refractivity contribution is 0.415. The van der Waals surface area contributed by atoms with Crippen LogP contribution in [-0.4, -0.2) is 32.0 Å². The maximum atomic E-state index is 9.46. The Kier molecular flexibility index (Phi) is 4.18. The third-order valence-corrected chi connectivity index (χ3v) is 4.95. The summed E-state index contributed by atoms with van der Waals surface area (Å²) in [6.07, 6.45) is 0. The summed E-state index contributed by atoms with van der Waals surface area (Å²) in [5.74, 6) is 1.80. The molecule has 0 amide bonds. The first-order valence-electron chi connectivity index (χ1n) is 8.06. The molecule has 7 nitrogen and oxygen atoms in total. The van der Waals surface area contributed by atoms with Crippen LogP contribution >= 0.6 is 11.3 Å². The molecule has 0 bridgehead atoms. The van der Waals surface area contributed by atoms with Gasteiger partial charge in [0.1, 0.15) is 11.5 Å². The molecule has 0 spiro atoms. The number of anilines is 2. The van der Waals surface area contributed by atoms with Gasteiger partial charge in [0.15, 0.2) is 5.82 Å². The summed E-state index contributed by atoms with van der Waals surface area (Å²) in [5.41, 5.74) is 1.96. The normalized spacial score (nSPS) is 12.2. The molecule has 0 saturated heterocycles. The molecule has 0 fully saturated rings. The van der Waals surface area contributed by atoms with Crippen LogP contribution in [0, 0.1) is 0 Å². The van der Waals surface area contributed by atoms with Gasteiger partial charge in [-0.15, -0.1) is 15.3 Å². The Balaban J connectivity index is 1.60. The lowest BCUT2D eigenvalue weighted by Gasteiger charge is -2.08. The lowest BCUT2D eigenvalue weighted by atomic mass is 10.0. The molecule has 2 aromatic carbocycles. The van der Waals surface area contributed by atoms with Crippen LogP contribution in [0.2, 0.25) is 0 Å². The molecule has 0 radical (unpaired) electrons. The number of nitrogens with zero attached hydrogens (tertiary/aromatic N) is 4. The minimum atomic E-state index is 0.00142. The summed E-state index contributed by atoms with van der Waals surface area (Å²) in [6, 6.07) is 14.7. The Morgan fingerprint density at radius 3 is 2.50 bits per heavy atom. The fourth-order valence-electron chi connectivity index (χ4n) is 2.66. The quantitative estimate of drug-likeness (QED) is 0.558. The highest BCUT2D eigenvalue weighted by atomic mass is 32.1. The molecule has 132 valence electrons. The number of phenols is 1. The van der Waals surface area contributed by atoms with Gasteiger partial charge in [-0.3, -0.25) is 0 Å². The van der Waals surface area contributed by atoms with E-state index in [0.29, 0.717) is 0 Å². The lowest BCUT2D eigenvalue weighted by Crippen LogP contribution is -2.03. The molecule has 1 unspecified atom stereocenters. The number of hydrogen-bond donors (Lipinski definition) is 2. The fourth-order valence-corrected chi connectivity index (χ4v) is 3.43. The molecular weight excluding hydrogens is 350 g/mol. The Bertz CT molecular complexity index is 1020. The van der Waals surface area contributed by atoms with E-state index in [-0.39, 0.29) is 11.7 Å². The summed E-state index contributed by atoms with van der Waals surface area (Å²) >= 11 is 1.43. The van der Waals surface area contributed by atoms with Crippen molar-refractivity contribution in [2.75, 3.05) is 12.4 Å². The molecule has 2 aromatic heterocycles. The average molecular weight is 367 g/mol. The molecule has 2 heterocycles. The second kappa shape index (κ2) is 6.64. The molecule has 4 aromatic rings. The highest BCUT2D eigenvalue weighted by Crippen LogP contribution is 2.29. The van der Waals surface area contributed by atoms with Crippen LogP contribution < -0.4 is 10.1 Å². The van der Waals surface area contributed by atoms with E-state index in [9.17, 15) is 5.11 Å². The van der Waals surface area contributed by atoms with Gasteiger partial charge in [-0.25, -0.2) is 0 Å². The van der Waals surface area contributed by atoms with Crippen LogP contribution in [0.4, 0.5) is 10.8 Å². The van der Waals surface area contributed by atoms with Crippen molar-refractivity contribution in [3.8, 4) is 11.5 Å². The highest BCUT2D eigenvalue weighted by molar-refractivity contribution is 7.20. The van der Waals surface area contributed by atoms with Crippen LogP contribution in [0.3, 0.4) is 0 Å². The average Bonchev–Trinajstić information content (AvgIpc) is 3.22. The van der Waals surface area contributed by atoms with E-state index >= 15 is 0 Å². The van der Waals surface area contributed by atoms with Gasteiger partial charge in [0.2, 0.25) is 10.1 Å². The van der Waals surface area contributed by atoms with Gasteiger partial charge in [0.25, 0.3) is 0 Å². The summed E-state index contributed by atoms with van der Waals surface area (Å²) in [5, 5.41) is 26.6. The van der Waals surface area contributed by atoms with Gasteiger partial charge < -0.3 is 15.2 Å². The standard InChI is InChI=1S/C18H17N5O2S/c1-11(12-3-7-14(24)8-4-12)16-20-21-18-23(16)22-17(26-18)19-13-5-9-15(25-2)10-6-13/h3-11,24H,1-2H3,(H,19,22). The van der Waals surface area contributed by atoms with Gasteiger partial charge in [0, 0.05) is 11.6 Å². The zero-order valence-corrected chi connectivity index (χ0v) is 15.1. The van der Waals surface area contributed by atoms with Gasteiger partial charge in [0.05, 0.1) is 7.11 Å². The molecule has 1 atom stereocenters. The number of benzene rings is 2. The van der Waals surface area contributed by atoms with Crippen molar-refractivity contribution in [2.24, 2.45) is 0 Å². The number of nitrogens with one attached hydrogen (secondary N) is 1. The van der Waals surface area contributed by atoms with Gasteiger partial charge in [-0.1, -0.05) is 30.4 Å². The predicted molar refractivity (Wildman–Crippen MR) is 101 cm³/mol. The van der Waals surface area contributed by atoms with Gasteiger partial charge >= 0.3 is 0 Å². The first-order chi connectivity index (χ1) is 12.6. The van der Waals surface area contributed by atoms with Gasteiger partial charge in [-0.05, 0) is 42.0 Å². The number of aromatic hydroxyl groups is 1. The zero-order valence-electron chi connectivity index (χ0n) is 14.2. The molecule has 0 saturated carbocycles. The smallest absolute Gasteiger partial charge is 0.236 e. The van der Waals surface area contributed by atoms with E-state index < -0.39 is 0 Å². The van der Waals surface area contributed by atoms with Crippen molar-refractivity contribution in [1.29, 1.82) is 0 Å². The van der Waals surface area contributed by atoms with Crippen LogP contribution in [0.15, 0.2) is 48.5 Å². The van der Waals surface area contributed by atoms with E-state index in [4.69, 9.17) is 4.74 Å². The van der Waals surface area contributed by atoms with E-state index in [0.717, 1.165) is 32.9 Å². The van der Waals surface area contributed by atoms with Crippen LogP contribution in [-0.2, 0) is 0 Å². The van der Waals surface area contributed by atoms with Crippen molar-refractivity contribution < 1.29 is 9.84 Å². The Morgan fingerprint density at radius 1 is 1.08 bits per heavy atom. The number of methoxy groups -OCH3 is 1. The number of aromatic nitrogens is 4. The maximum Gasteiger partial charge on any atom is 0.236 e. The van der Waals surface area contributed by atoms with Crippen molar-refractivity contribution >= 4 is 27.1 Å². The summed E-state index contributed by atoms with van der Waals surface area (Å²) in [7, 11) is 1.64. The fraction of sp³-hybridized carbons (Fsp3) is 0.167. The topological polar surface area (TPSA) is 84.6 Å². The van der Waals surface area contributed by atoms with Crippen LogP contribution in [0.1, 0.15) is 24.2 Å². The van der Waals surface area contributed by atoms with E-state index in [2.05, 4.69) is 20.6 Å². The van der Waals surface area contributed by atoms with Crippen molar-refractivity contribution in [3.63, 3.8) is 0 Å². The molecule has 0 aliphatic rings. The molecule has 0 aliphatic carbocycles. The summed E-state index contributed by atoms with van der Waals surface area (Å²) in [6.45, 7) is 2.04. The van der Waals surface area contributed by atoms with Crippen molar-refractivity contribution in [2.45, 2.75) is 12.8 Å². The number of fused-ring (bicyclic) bond motifs is 1. The molecular formula is C18H17N5O2S. The van der Waals surface area contributed by atoms with Crippen LogP contribution in [0.5, 0.6) is 11.5 Å². The van der Waals surface area contributed by atoms with E-state index in [1.807, 2.05) is 43.3 Å². The monoisotopic (exact) mass is 367 g/mol.